The van der Waals surface area contributed by atoms with Gasteiger partial charge in [0.2, 0.25) is 5.91 Å². The van der Waals surface area contributed by atoms with Gasteiger partial charge >= 0.3 is 5.97 Å². The molecule has 1 aliphatic heterocycles. The molecular formula is C38H56N2O7. The fourth-order valence-electron chi connectivity index (χ4n) is 8.13. The maximum Gasteiger partial charge on any atom is 0.338 e. The van der Waals surface area contributed by atoms with E-state index >= 15 is 0 Å². The molecule has 1 amide bonds. The van der Waals surface area contributed by atoms with Crippen LogP contribution in [0.2, 0.25) is 0 Å². The normalized spacial score (nSPS) is 25.1. The molecule has 9 nitrogen and oxygen atoms in total. The average molecular weight is 653 g/mol. The van der Waals surface area contributed by atoms with Gasteiger partial charge < -0.3 is 24.9 Å². The number of hydrogen-bond donors (Lipinski definition) is 2. The molecule has 5 unspecified atom stereocenters. The van der Waals surface area contributed by atoms with E-state index in [-0.39, 0.29) is 35.2 Å². The topological polar surface area (TPSA) is 128 Å². The number of rotatable bonds is 14. The zero-order chi connectivity index (χ0) is 35.7. The molecule has 1 aliphatic carbocycles. The minimum Gasteiger partial charge on any atom is -0.456 e. The molecule has 2 aliphatic rings. The zero-order valence-electron chi connectivity index (χ0n) is 30.3. The van der Waals surface area contributed by atoms with Crippen molar-refractivity contribution in [2.75, 3.05) is 7.05 Å². The van der Waals surface area contributed by atoms with Crippen molar-refractivity contribution in [1.29, 1.82) is 0 Å². The molecule has 3 rings (SSSR count). The van der Waals surface area contributed by atoms with Crippen LogP contribution in [-0.4, -0.2) is 65.2 Å². The van der Waals surface area contributed by atoms with E-state index in [9.17, 15) is 24.0 Å². The van der Waals surface area contributed by atoms with E-state index in [4.69, 9.17) is 9.47 Å². The van der Waals surface area contributed by atoms with E-state index in [1.54, 1.807) is 12.1 Å². The lowest BCUT2D eigenvalue weighted by atomic mass is 9.53. The van der Waals surface area contributed by atoms with E-state index in [0.717, 1.165) is 18.4 Å². The monoisotopic (exact) mass is 652 g/mol. The second-order valence-corrected chi connectivity index (χ2v) is 16.0. The summed E-state index contributed by atoms with van der Waals surface area (Å²) in [7, 11) is 1.44. The van der Waals surface area contributed by atoms with Crippen LogP contribution in [0.25, 0.3) is 5.57 Å². The van der Waals surface area contributed by atoms with E-state index in [2.05, 4.69) is 44.9 Å². The maximum absolute atomic E-state index is 13.6. The Bertz CT molecular complexity index is 1390. The second-order valence-electron chi connectivity index (χ2n) is 16.0. The predicted molar refractivity (Wildman–Crippen MR) is 183 cm³/mol. The lowest BCUT2D eigenvalue weighted by Crippen LogP contribution is -2.60. The van der Waals surface area contributed by atoms with Gasteiger partial charge in [0, 0.05) is 48.7 Å². The van der Waals surface area contributed by atoms with Crippen molar-refractivity contribution < 1.29 is 33.4 Å². The van der Waals surface area contributed by atoms with Gasteiger partial charge in [-0.25, -0.2) is 4.79 Å². The van der Waals surface area contributed by atoms with Gasteiger partial charge in [0.1, 0.15) is 23.5 Å². The molecule has 1 aromatic rings. The largest absolute Gasteiger partial charge is 0.456 e. The summed E-state index contributed by atoms with van der Waals surface area (Å²) in [5.41, 5.74) is 0.695. The number of ketones is 2. The number of carbonyl (C=O) groups excluding carboxylic acids is 5. The van der Waals surface area contributed by atoms with Crippen molar-refractivity contribution >= 4 is 35.3 Å². The zero-order valence-corrected chi connectivity index (χ0v) is 30.3. The lowest BCUT2D eigenvalue weighted by Gasteiger charge is -2.48. The van der Waals surface area contributed by atoms with Gasteiger partial charge in [0.15, 0.2) is 0 Å². The number of piperidine rings is 1. The van der Waals surface area contributed by atoms with Gasteiger partial charge in [-0.3, -0.25) is 14.4 Å². The quantitative estimate of drug-likeness (QED) is 0.191. The first kappa shape index (κ1) is 38.3. The number of hydrogen-bond acceptors (Lipinski definition) is 8. The van der Waals surface area contributed by atoms with Crippen LogP contribution in [0.1, 0.15) is 116 Å². The number of amides is 1. The standard InChI is InChI=1S/C38H56N2O7/c1-13-38(11,21-37(9,10)46-27-18-35(5,6)40-36(7,8)19-27)47-34(45)26-15-22(2)14-25(17-26)23(3)16-29(43)31-28(20-41)32(33(44)39-12)30(31)24(4)42/h14-15,17,20,27-28,30-32,40H,3,13,16,18-19,21H2,1-2,4-12H3,(H,39,44). The van der Waals surface area contributed by atoms with Gasteiger partial charge in [-0.2, -0.15) is 0 Å². The first-order chi connectivity index (χ1) is 21.6. The minimum atomic E-state index is -0.892. The summed E-state index contributed by atoms with van der Waals surface area (Å²) in [5, 5.41) is 6.18. The third-order valence-corrected chi connectivity index (χ3v) is 9.78. The molecule has 260 valence electrons. The van der Waals surface area contributed by atoms with Gasteiger partial charge in [-0.15, -0.1) is 0 Å². The maximum atomic E-state index is 13.6. The molecule has 5 atom stereocenters. The Balaban J connectivity index is 1.74. The van der Waals surface area contributed by atoms with Crippen LogP contribution in [0.4, 0.5) is 0 Å². The summed E-state index contributed by atoms with van der Waals surface area (Å²) in [6.45, 7) is 24.1. The van der Waals surface area contributed by atoms with Crippen molar-refractivity contribution in [3.8, 4) is 0 Å². The fourth-order valence-corrected chi connectivity index (χ4v) is 8.13. The Morgan fingerprint density at radius 2 is 1.57 bits per heavy atom. The number of esters is 1. The van der Waals surface area contributed by atoms with Crippen LogP contribution in [-0.2, 0) is 28.7 Å². The predicted octanol–water partition coefficient (Wildman–Crippen LogP) is 5.80. The summed E-state index contributed by atoms with van der Waals surface area (Å²) >= 11 is 0. The molecule has 0 radical (unpaired) electrons. The summed E-state index contributed by atoms with van der Waals surface area (Å²) in [4.78, 5) is 63.7. The van der Waals surface area contributed by atoms with Crippen molar-refractivity contribution in [1.82, 2.24) is 10.6 Å². The highest BCUT2D eigenvalue weighted by molar-refractivity contribution is 6.02. The summed E-state index contributed by atoms with van der Waals surface area (Å²) in [6, 6.07) is 5.24. The number of ether oxygens (including phenoxy) is 2. The minimum absolute atomic E-state index is 0.0578. The van der Waals surface area contributed by atoms with E-state index in [1.807, 2.05) is 40.7 Å². The third-order valence-electron chi connectivity index (χ3n) is 9.78. The van der Waals surface area contributed by atoms with Crippen LogP contribution in [0.5, 0.6) is 0 Å². The van der Waals surface area contributed by atoms with Gasteiger partial charge in [-0.05, 0) is 110 Å². The summed E-state index contributed by atoms with van der Waals surface area (Å²) in [6.07, 6.45) is 3.37. The molecule has 1 aromatic carbocycles. The van der Waals surface area contributed by atoms with E-state index in [0.29, 0.717) is 35.8 Å². The molecule has 1 heterocycles. The summed E-state index contributed by atoms with van der Waals surface area (Å²) < 4.78 is 12.9. The molecule has 47 heavy (non-hydrogen) atoms. The summed E-state index contributed by atoms with van der Waals surface area (Å²) in [5.74, 6) is -5.04. The van der Waals surface area contributed by atoms with Gasteiger partial charge in [-0.1, -0.05) is 19.6 Å². The molecule has 0 spiro atoms. The molecule has 2 N–H and O–H groups in total. The highest BCUT2D eigenvalue weighted by atomic mass is 16.6. The van der Waals surface area contributed by atoms with Crippen molar-refractivity contribution in [3.63, 3.8) is 0 Å². The number of benzene rings is 1. The Morgan fingerprint density at radius 3 is 2.09 bits per heavy atom. The van der Waals surface area contributed by atoms with E-state index in [1.165, 1.54) is 14.0 Å². The Kier molecular flexibility index (Phi) is 11.5. The molecule has 1 saturated heterocycles. The smallest absolute Gasteiger partial charge is 0.338 e. The number of allylic oxidation sites excluding steroid dienone is 1. The second kappa shape index (κ2) is 14.1. The number of aryl methyl sites for hydroxylation is 1. The molecule has 0 bridgehead atoms. The lowest BCUT2D eigenvalue weighted by molar-refractivity contribution is -0.160. The van der Waals surface area contributed by atoms with Crippen LogP contribution in [0.15, 0.2) is 24.8 Å². The van der Waals surface area contributed by atoms with Crippen LogP contribution < -0.4 is 10.6 Å². The Hall–Kier alpha value is -3.17. The SMILES string of the molecule is C=C(CC(=O)C1C(C=O)C(C(=O)NC)C1C(C)=O)c1cc(C)cc(C(=O)OC(C)(CC)CC(C)(C)OC2CC(C)(C)NC(C)(C)C2)c1. The van der Waals surface area contributed by atoms with Crippen molar-refractivity contribution in [3.05, 3.63) is 41.5 Å². The third kappa shape index (κ3) is 9.26. The van der Waals surface area contributed by atoms with E-state index < -0.39 is 46.8 Å². The molecular weight excluding hydrogens is 596 g/mol. The Morgan fingerprint density at radius 1 is 1.00 bits per heavy atom. The highest BCUT2D eigenvalue weighted by Crippen LogP contribution is 2.47. The van der Waals surface area contributed by atoms with Gasteiger partial charge in [0.05, 0.1) is 23.2 Å². The highest BCUT2D eigenvalue weighted by Gasteiger charge is 2.58. The number of aldehydes is 1. The molecule has 0 aromatic heterocycles. The first-order valence-corrected chi connectivity index (χ1v) is 16.8. The van der Waals surface area contributed by atoms with Crippen LogP contribution in [0, 0.1) is 30.6 Å². The molecule has 1 saturated carbocycles. The molecule has 9 heteroatoms. The number of carbonyl (C=O) groups is 5. The van der Waals surface area contributed by atoms with Crippen molar-refractivity contribution in [2.24, 2.45) is 23.7 Å². The van der Waals surface area contributed by atoms with Gasteiger partial charge in [0.25, 0.3) is 0 Å². The van der Waals surface area contributed by atoms with Crippen LogP contribution >= 0.6 is 0 Å². The Labute approximate surface area is 281 Å². The number of Topliss-reactive ketones (excluding diaryl/α,β-unsaturated/α-hetero) is 2. The van der Waals surface area contributed by atoms with Crippen LogP contribution in [0.3, 0.4) is 0 Å². The first-order valence-electron chi connectivity index (χ1n) is 16.8. The average Bonchev–Trinajstić information content (AvgIpc) is 2.89. The van der Waals surface area contributed by atoms with Crippen molar-refractivity contribution in [2.45, 2.75) is 130 Å². The molecule has 2 fully saturated rings. The fraction of sp³-hybridized carbons (Fsp3) is 0.658. The number of nitrogens with one attached hydrogen (secondary N) is 2.